The average Bonchev–Trinajstić information content (AvgIpc) is 3.48. The van der Waals surface area contributed by atoms with Crippen LogP contribution in [0.2, 0.25) is 0 Å². The zero-order valence-corrected chi connectivity index (χ0v) is 15.6. The number of nitrogens with zero attached hydrogens (tertiary/aromatic N) is 2. The van der Waals surface area contributed by atoms with E-state index in [0.717, 1.165) is 18.4 Å². The van der Waals surface area contributed by atoms with Crippen molar-refractivity contribution >= 4 is 17.5 Å². The van der Waals surface area contributed by atoms with Crippen LogP contribution in [0.3, 0.4) is 0 Å². The Kier molecular flexibility index (Phi) is 5.86. The van der Waals surface area contributed by atoms with Crippen molar-refractivity contribution in [1.82, 2.24) is 9.80 Å². The number of halogens is 1. The van der Waals surface area contributed by atoms with Gasteiger partial charge in [-0.05, 0) is 54.8 Å². The third-order valence-corrected chi connectivity index (χ3v) is 4.53. The zero-order chi connectivity index (χ0) is 19.4. The fourth-order valence-electron chi connectivity index (χ4n) is 2.92. The van der Waals surface area contributed by atoms with E-state index in [1.165, 1.54) is 17.0 Å². The first-order valence-corrected chi connectivity index (χ1v) is 9.02. The van der Waals surface area contributed by atoms with Crippen molar-refractivity contribution in [3.63, 3.8) is 0 Å². The van der Waals surface area contributed by atoms with E-state index in [1.54, 1.807) is 50.5 Å². The minimum Gasteiger partial charge on any atom is -0.345 e. The van der Waals surface area contributed by atoms with Crippen molar-refractivity contribution in [2.45, 2.75) is 25.4 Å². The zero-order valence-electron chi connectivity index (χ0n) is 15.6. The van der Waals surface area contributed by atoms with Crippen LogP contribution in [-0.2, 0) is 11.3 Å². The Labute approximate surface area is 158 Å². The smallest absolute Gasteiger partial charge is 0.253 e. The normalized spacial score (nSPS) is 13.5. The lowest BCUT2D eigenvalue weighted by Gasteiger charge is -2.21. The first-order chi connectivity index (χ1) is 12.9. The monoisotopic (exact) mass is 369 g/mol. The number of hydrogen-bond acceptors (Lipinski definition) is 3. The molecule has 0 heterocycles. The Morgan fingerprint density at radius 3 is 2.22 bits per heavy atom. The van der Waals surface area contributed by atoms with Gasteiger partial charge in [-0.1, -0.05) is 12.1 Å². The summed E-state index contributed by atoms with van der Waals surface area (Å²) in [5.41, 5.74) is 2.23. The highest BCUT2D eigenvalue weighted by Gasteiger charge is 2.30. The molecule has 0 aromatic heterocycles. The van der Waals surface area contributed by atoms with E-state index in [2.05, 4.69) is 10.2 Å². The highest BCUT2D eigenvalue weighted by atomic mass is 19.1. The summed E-state index contributed by atoms with van der Waals surface area (Å²) in [6, 6.07) is 13.7. The second-order valence-electron chi connectivity index (χ2n) is 7.09. The summed E-state index contributed by atoms with van der Waals surface area (Å²) in [4.78, 5) is 28.0. The lowest BCUT2D eigenvalue weighted by molar-refractivity contribution is -0.117. The summed E-state index contributed by atoms with van der Waals surface area (Å²) >= 11 is 0. The van der Waals surface area contributed by atoms with E-state index in [-0.39, 0.29) is 24.2 Å². The van der Waals surface area contributed by atoms with Crippen LogP contribution in [-0.4, -0.2) is 48.3 Å². The molecule has 0 aliphatic heterocycles. The van der Waals surface area contributed by atoms with Crippen LogP contribution in [0.15, 0.2) is 48.5 Å². The molecule has 0 radical (unpaired) electrons. The first-order valence-electron chi connectivity index (χ1n) is 9.02. The number of amides is 2. The van der Waals surface area contributed by atoms with E-state index < -0.39 is 0 Å². The van der Waals surface area contributed by atoms with E-state index in [4.69, 9.17) is 0 Å². The van der Waals surface area contributed by atoms with Crippen molar-refractivity contribution in [3.8, 4) is 0 Å². The number of anilines is 1. The molecular weight excluding hydrogens is 345 g/mol. The summed E-state index contributed by atoms with van der Waals surface area (Å²) < 4.78 is 13.1. The molecule has 5 nitrogen and oxygen atoms in total. The summed E-state index contributed by atoms with van der Waals surface area (Å²) in [7, 11) is 3.40. The molecule has 1 fully saturated rings. The molecule has 142 valence electrons. The average molecular weight is 369 g/mol. The second-order valence-corrected chi connectivity index (χ2v) is 7.09. The molecule has 2 amide bonds. The van der Waals surface area contributed by atoms with Crippen LogP contribution in [0.1, 0.15) is 28.8 Å². The van der Waals surface area contributed by atoms with Crippen molar-refractivity contribution < 1.29 is 14.0 Å². The molecule has 6 heteroatoms. The van der Waals surface area contributed by atoms with Gasteiger partial charge < -0.3 is 10.2 Å². The van der Waals surface area contributed by atoms with Crippen molar-refractivity contribution in [2.24, 2.45) is 0 Å². The van der Waals surface area contributed by atoms with E-state index in [9.17, 15) is 14.0 Å². The fraction of sp³-hybridized carbons (Fsp3) is 0.333. The fourth-order valence-corrected chi connectivity index (χ4v) is 2.92. The maximum atomic E-state index is 13.1. The van der Waals surface area contributed by atoms with Gasteiger partial charge in [0.15, 0.2) is 0 Å². The van der Waals surface area contributed by atoms with Gasteiger partial charge in [0, 0.05) is 37.9 Å². The van der Waals surface area contributed by atoms with Crippen LogP contribution >= 0.6 is 0 Å². The summed E-state index contributed by atoms with van der Waals surface area (Å²) in [6.45, 7) is 0.898. The highest BCUT2D eigenvalue weighted by molar-refractivity contribution is 5.96. The van der Waals surface area contributed by atoms with Gasteiger partial charge in [0.1, 0.15) is 5.82 Å². The van der Waals surface area contributed by atoms with Gasteiger partial charge in [-0.2, -0.15) is 0 Å². The van der Waals surface area contributed by atoms with Crippen LogP contribution in [0.4, 0.5) is 10.1 Å². The predicted molar refractivity (Wildman–Crippen MR) is 103 cm³/mol. The van der Waals surface area contributed by atoms with Crippen LogP contribution in [0.5, 0.6) is 0 Å². The molecule has 1 saturated carbocycles. The number of carbonyl (C=O) groups is 2. The van der Waals surface area contributed by atoms with Crippen LogP contribution < -0.4 is 5.32 Å². The Hall–Kier alpha value is -2.73. The van der Waals surface area contributed by atoms with Crippen molar-refractivity contribution in [1.29, 1.82) is 0 Å². The summed E-state index contributed by atoms with van der Waals surface area (Å²) in [5, 5.41) is 2.88. The predicted octanol–water partition coefficient (Wildman–Crippen LogP) is 3.13. The number of nitrogens with one attached hydrogen (secondary N) is 1. The van der Waals surface area contributed by atoms with E-state index in [0.29, 0.717) is 23.8 Å². The van der Waals surface area contributed by atoms with Gasteiger partial charge in [0.25, 0.3) is 5.91 Å². The number of carbonyl (C=O) groups excluding carboxylic acids is 2. The number of rotatable bonds is 7. The Bertz CT molecular complexity index is 799. The highest BCUT2D eigenvalue weighted by Crippen LogP contribution is 2.28. The van der Waals surface area contributed by atoms with Crippen LogP contribution in [0.25, 0.3) is 0 Å². The van der Waals surface area contributed by atoms with Crippen molar-refractivity contribution in [3.05, 3.63) is 65.5 Å². The quantitative estimate of drug-likeness (QED) is 0.816. The second kappa shape index (κ2) is 8.31. The Morgan fingerprint density at radius 1 is 1.04 bits per heavy atom. The maximum absolute atomic E-state index is 13.1. The molecular formula is C21H24FN3O2. The molecule has 27 heavy (non-hydrogen) atoms. The molecule has 3 rings (SSSR count). The molecule has 0 unspecified atom stereocenters. The van der Waals surface area contributed by atoms with Gasteiger partial charge in [-0.25, -0.2) is 4.39 Å². The molecule has 0 saturated heterocycles. The van der Waals surface area contributed by atoms with Gasteiger partial charge in [-0.15, -0.1) is 0 Å². The minimum atomic E-state index is -0.259. The molecule has 0 atom stereocenters. The minimum absolute atomic E-state index is 0.0768. The third kappa shape index (κ3) is 5.37. The molecule has 0 spiro atoms. The van der Waals surface area contributed by atoms with Crippen LogP contribution in [0, 0.1) is 5.82 Å². The molecule has 1 N–H and O–H groups in total. The van der Waals surface area contributed by atoms with Gasteiger partial charge in [-0.3, -0.25) is 14.5 Å². The number of benzene rings is 2. The largest absolute Gasteiger partial charge is 0.345 e. The SMILES string of the molecule is CN(C)C(=O)c1ccc(NC(=O)CN(Cc2ccc(F)cc2)C2CC2)cc1. The Morgan fingerprint density at radius 2 is 1.67 bits per heavy atom. The number of hydrogen-bond donors (Lipinski definition) is 1. The molecule has 0 bridgehead atoms. The van der Waals surface area contributed by atoms with Gasteiger partial charge in [0.05, 0.1) is 6.54 Å². The lowest BCUT2D eigenvalue weighted by atomic mass is 10.2. The summed E-state index contributed by atoms with van der Waals surface area (Å²) in [5.74, 6) is -0.437. The maximum Gasteiger partial charge on any atom is 0.253 e. The Balaban J connectivity index is 1.58. The molecule has 1 aliphatic carbocycles. The van der Waals surface area contributed by atoms with Crippen molar-refractivity contribution in [2.75, 3.05) is 26.0 Å². The topological polar surface area (TPSA) is 52.7 Å². The third-order valence-electron chi connectivity index (χ3n) is 4.53. The van der Waals surface area contributed by atoms with Gasteiger partial charge >= 0.3 is 0 Å². The molecule has 2 aromatic rings. The van der Waals surface area contributed by atoms with E-state index in [1.807, 2.05) is 0 Å². The summed E-state index contributed by atoms with van der Waals surface area (Å²) in [6.07, 6.45) is 2.16. The van der Waals surface area contributed by atoms with Gasteiger partial charge in [0.2, 0.25) is 5.91 Å². The van der Waals surface area contributed by atoms with E-state index >= 15 is 0 Å². The molecule has 2 aromatic carbocycles. The molecule has 1 aliphatic rings. The first kappa shape index (κ1) is 19.0. The standard InChI is InChI=1S/C21H24FN3O2/c1-24(2)21(27)16-5-9-18(10-6-16)23-20(26)14-25(19-11-12-19)13-15-3-7-17(22)8-4-15/h3-10,19H,11-14H2,1-2H3,(H,23,26). The lowest BCUT2D eigenvalue weighted by Crippen LogP contribution is -2.34.